The fraction of sp³-hybridized carbons (Fsp3) is 0.375. The lowest BCUT2D eigenvalue weighted by atomic mass is 9.86. The number of amides is 2. The Morgan fingerprint density at radius 3 is 2.36 bits per heavy atom. The van der Waals surface area contributed by atoms with Crippen molar-refractivity contribution in [3.63, 3.8) is 0 Å². The average Bonchev–Trinajstić information content (AvgIpc) is 2.56. The van der Waals surface area contributed by atoms with Crippen LogP contribution in [0.2, 0.25) is 0 Å². The van der Waals surface area contributed by atoms with Crippen LogP contribution in [0.5, 0.6) is 0 Å². The number of halogens is 1. The third-order valence-corrected chi connectivity index (χ3v) is 3.88. The van der Waals surface area contributed by atoms with Gasteiger partial charge in [-0.3, -0.25) is 14.5 Å². The van der Waals surface area contributed by atoms with Crippen molar-refractivity contribution in [3.05, 3.63) is 29.8 Å². The zero-order valence-corrected chi connectivity index (χ0v) is 12.0. The van der Waals surface area contributed by atoms with Crippen molar-refractivity contribution in [2.45, 2.75) is 25.1 Å². The summed E-state index contributed by atoms with van der Waals surface area (Å²) in [5, 5.41) is 0. The predicted octanol–water partition coefficient (Wildman–Crippen LogP) is 1.16. The number of terminal acetylenes is 1. The van der Waals surface area contributed by atoms with Crippen LogP contribution in [-0.2, 0) is 21.0 Å². The summed E-state index contributed by atoms with van der Waals surface area (Å²) in [7, 11) is 0. The van der Waals surface area contributed by atoms with E-state index in [0.717, 1.165) is 0 Å². The summed E-state index contributed by atoms with van der Waals surface area (Å²) in [4.78, 5) is 25.6. The summed E-state index contributed by atoms with van der Waals surface area (Å²) in [5.41, 5.74) is 5.24. The van der Waals surface area contributed by atoms with Gasteiger partial charge in [-0.15, -0.1) is 6.42 Å². The second kappa shape index (κ2) is 6.58. The Balaban J connectivity index is 2.50. The second-order valence-electron chi connectivity index (χ2n) is 5.09. The molecule has 0 aromatic heterocycles. The van der Waals surface area contributed by atoms with Crippen molar-refractivity contribution >= 4 is 17.5 Å². The highest BCUT2D eigenvalue weighted by Gasteiger charge is 2.46. The van der Waals surface area contributed by atoms with Gasteiger partial charge in [0.15, 0.2) is 0 Å². The summed E-state index contributed by atoms with van der Waals surface area (Å²) in [6, 6.07) is 6.20. The molecule has 0 atom stereocenters. The molecule has 1 aromatic rings. The number of primary amides is 1. The van der Waals surface area contributed by atoms with Gasteiger partial charge in [0, 0.05) is 31.7 Å². The first kappa shape index (κ1) is 16.0. The number of alkyl halides is 1. The van der Waals surface area contributed by atoms with Gasteiger partial charge in [0.2, 0.25) is 5.91 Å². The highest BCUT2D eigenvalue weighted by Crippen LogP contribution is 2.33. The molecule has 0 spiro atoms. The van der Waals surface area contributed by atoms with E-state index < -0.39 is 24.0 Å². The van der Waals surface area contributed by atoms with Crippen LogP contribution >= 0.6 is 0 Å². The zero-order chi connectivity index (χ0) is 16.2. The fourth-order valence-electron chi connectivity index (χ4n) is 2.65. The summed E-state index contributed by atoms with van der Waals surface area (Å²) in [6.07, 6.45) is 5.78. The Labute approximate surface area is 128 Å². The van der Waals surface area contributed by atoms with Gasteiger partial charge in [0.25, 0.3) is 0 Å². The molecule has 0 saturated carbocycles. The standard InChI is InChI=1S/C16H17FN2O3/c1-2-14(20)19(13-5-3-12(11-17)4-6-13)16(15(18)21)7-9-22-10-8-16/h1,3-6H,7-11H2,(H2,18,21). The van der Waals surface area contributed by atoms with Crippen LogP contribution in [0.1, 0.15) is 18.4 Å². The molecule has 0 aliphatic carbocycles. The quantitative estimate of drug-likeness (QED) is 0.848. The van der Waals surface area contributed by atoms with Crippen LogP contribution in [-0.4, -0.2) is 30.6 Å². The predicted molar refractivity (Wildman–Crippen MR) is 79.6 cm³/mol. The van der Waals surface area contributed by atoms with Crippen LogP contribution in [0.25, 0.3) is 0 Å². The lowest BCUT2D eigenvalue weighted by Gasteiger charge is -2.42. The molecule has 1 saturated heterocycles. The normalized spacial score (nSPS) is 16.5. The summed E-state index contributed by atoms with van der Waals surface area (Å²) in [5.74, 6) is 0.744. The van der Waals surface area contributed by atoms with Gasteiger partial charge in [-0.2, -0.15) is 0 Å². The molecule has 2 amide bonds. The molecule has 1 aliphatic heterocycles. The Kier molecular flexibility index (Phi) is 4.78. The minimum absolute atomic E-state index is 0.264. The van der Waals surface area contributed by atoms with Crippen LogP contribution < -0.4 is 10.6 Å². The van der Waals surface area contributed by atoms with Crippen molar-refractivity contribution in [2.75, 3.05) is 18.1 Å². The number of ether oxygens (including phenoxy) is 1. The molecule has 1 aliphatic rings. The van der Waals surface area contributed by atoms with Crippen molar-refractivity contribution in [2.24, 2.45) is 5.73 Å². The van der Waals surface area contributed by atoms with Gasteiger partial charge in [-0.25, -0.2) is 4.39 Å². The van der Waals surface area contributed by atoms with E-state index in [1.165, 1.54) is 4.90 Å². The molecule has 1 aromatic carbocycles. The molecule has 22 heavy (non-hydrogen) atoms. The minimum Gasteiger partial charge on any atom is -0.381 e. The molecule has 0 bridgehead atoms. The molecule has 116 valence electrons. The molecule has 0 radical (unpaired) electrons. The van der Waals surface area contributed by atoms with Crippen molar-refractivity contribution in [3.8, 4) is 12.3 Å². The van der Waals surface area contributed by atoms with E-state index in [1.807, 2.05) is 5.92 Å². The number of benzene rings is 1. The van der Waals surface area contributed by atoms with Gasteiger partial charge in [-0.05, 0) is 23.6 Å². The number of carbonyl (C=O) groups excluding carboxylic acids is 2. The molecule has 2 rings (SSSR count). The topological polar surface area (TPSA) is 72.6 Å². The molecular formula is C16H17FN2O3. The molecule has 5 nitrogen and oxygen atoms in total. The number of nitrogens with zero attached hydrogens (tertiary/aromatic N) is 1. The molecule has 0 unspecified atom stereocenters. The van der Waals surface area contributed by atoms with Gasteiger partial charge in [0.05, 0.1) is 0 Å². The zero-order valence-electron chi connectivity index (χ0n) is 12.0. The molecule has 2 N–H and O–H groups in total. The highest BCUT2D eigenvalue weighted by atomic mass is 19.1. The first-order chi connectivity index (χ1) is 10.5. The van der Waals surface area contributed by atoms with Gasteiger partial charge < -0.3 is 10.5 Å². The van der Waals surface area contributed by atoms with Gasteiger partial charge >= 0.3 is 5.91 Å². The number of rotatable bonds is 4. The monoisotopic (exact) mass is 304 g/mol. The largest absolute Gasteiger partial charge is 0.381 e. The maximum Gasteiger partial charge on any atom is 0.303 e. The maximum atomic E-state index is 12.6. The van der Waals surface area contributed by atoms with E-state index in [0.29, 0.717) is 24.5 Å². The van der Waals surface area contributed by atoms with E-state index in [9.17, 15) is 14.0 Å². The number of carbonyl (C=O) groups is 2. The van der Waals surface area contributed by atoms with Crippen molar-refractivity contribution < 1.29 is 18.7 Å². The Hall–Kier alpha value is -2.39. The molecular weight excluding hydrogens is 287 g/mol. The lowest BCUT2D eigenvalue weighted by Crippen LogP contribution is -2.62. The van der Waals surface area contributed by atoms with E-state index in [2.05, 4.69) is 0 Å². The lowest BCUT2D eigenvalue weighted by molar-refractivity contribution is -0.130. The average molecular weight is 304 g/mol. The number of anilines is 1. The second-order valence-corrected chi connectivity index (χ2v) is 5.09. The van der Waals surface area contributed by atoms with Crippen LogP contribution in [0.3, 0.4) is 0 Å². The van der Waals surface area contributed by atoms with Crippen LogP contribution in [0.4, 0.5) is 10.1 Å². The fourth-order valence-corrected chi connectivity index (χ4v) is 2.65. The van der Waals surface area contributed by atoms with Gasteiger partial charge in [0.1, 0.15) is 12.2 Å². The smallest absolute Gasteiger partial charge is 0.303 e. The Morgan fingerprint density at radius 1 is 1.32 bits per heavy atom. The molecule has 1 fully saturated rings. The number of nitrogens with two attached hydrogens (primary N) is 1. The van der Waals surface area contributed by atoms with E-state index in [1.54, 1.807) is 24.3 Å². The first-order valence-corrected chi connectivity index (χ1v) is 6.88. The minimum atomic E-state index is -1.22. The molecule has 1 heterocycles. The Bertz CT molecular complexity index is 601. The number of hydrogen-bond acceptors (Lipinski definition) is 3. The summed E-state index contributed by atoms with van der Waals surface area (Å²) < 4.78 is 17.9. The third kappa shape index (κ3) is 2.81. The first-order valence-electron chi connectivity index (χ1n) is 6.88. The third-order valence-electron chi connectivity index (χ3n) is 3.88. The van der Waals surface area contributed by atoms with Crippen LogP contribution in [0.15, 0.2) is 24.3 Å². The number of hydrogen-bond donors (Lipinski definition) is 1. The Morgan fingerprint density at radius 2 is 1.91 bits per heavy atom. The van der Waals surface area contributed by atoms with Crippen LogP contribution in [0, 0.1) is 12.3 Å². The van der Waals surface area contributed by atoms with Crippen molar-refractivity contribution in [1.82, 2.24) is 0 Å². The van der Waals surface area contributed by atoms with E-state index >= 15 is 0 Å². The van der Waals surface area contributed by atoms with E-state index in [-0.39, 0.29) is 12.8 Å². The summed E-state index contributed by atoms with van der Waals surface area (Å²) >= 11 is 0. The maximum absolute atomic E-state index is 12.6. The van der Waals surface area contributed by atoms with Crippen molar-refractivity contribution in [1.29, 1.82) is 0 Å². The SMILES string of the molecule is C#CC(=O)N(c1ccc(CF)cc1)C1(C(N)=O)CCOCC1. The van der Waals surface area contributed by atoms with E-state index in [4.69, 9.17) is 16.9 Å². The molecule has 6 heteroatoms. The summed E-state index contributed by atoms with van der Waals surface area (Å²) in [6.45, 7) is -0.00211. The highest BCUT2D eigenvalue weighted by molar-refractivity contribution is 6.11. The van der Waals surface area contributed by atoms with Gasteiger partial charge in [-0.1, -0.05) is 12.1 Å².